The van der Waals surface area contributed by atoms with Crippen molar-refractivity contribution in [1.29, 1.82) is 0 Å². The highest BCUT2D eigenvalue weighted by Gasteiger charge is 2.61. The number of rotatable bonds is 14. The Hall–Kier alpha value is -1.06. The second-order valence-electron chi connectivity index (χ2n) is 13.8. The summed E-state index contributed by atoms with van der Waals surface area (Å²) in [6.07, 6.45) is 3.87. The van der Waals surface area contributed by atoms with Crippen molar-refractivity contribution in [2.45, 2.75) is 115 Å². The number of halogens is 5. The Balaban J connectivity index is 1.18. The Bertz CT molecular complexity index is 1030. The smallest absolute Gasteiger partial charge is 0.453 e. The van der Waals surface area contributed by atoms with E-state index in [1.165, 1.54) is 29.3 Å². The van der Waals surface area contributed by atoms with Gasteiger partial charge in [-0.15, -0.1) is 0 Å². The van der Waals surface area contributed by atoms with E-state index in [1.54, 1.807) is 0 Å². The molecule has 2 N–H and O–H groups in total. The summed E-state index contributed by atoms with van der Waals surface area (Å²) in [4.78, 5) is 2.28. The van der Waals surface area contributed by atoms with E-state index in [2.05, 4.69) is 24.9 Å². The van der Waals surface area contributed by atoms with Gasteiger partial charge in [0, 0.05) is 6.42 Å². The lowest BCUT2D eigenvalue weighted by molar-refractivity contribution is -0.284. The van der Waals surface area contributed by atoms with Crippen LogP contribution in [0, 0.1) is 23.2 Å². The van der Waals surface area contributed by atoms with Crippen LogP contribution in [0.4, 0.5) is 22.0 Å². The molecule has 9 heteroatoms. The molecule has 1 aromatic carbocycles. The third-order valence-corrected chi connectivity index (χ3v) is 12.2. The van der Waals surface area contributed by atoms with Crippen molar-refractivity contribution >= 4 is 11.8 Å². The van der Waals surface area contributed by atoms with E-state index >= 15 is 0 Å². The second-order valence-corrected chi connectivity index (χ2v) is 15.1. The molecule has 0 radical (unpaired) electrons. The van der Waals surface area contributed by atoms with Crippen LogP contribution in [-0.2, 0) is 6.42 Å². The van der Waals surface area contributed by atoms with Crippen LogP contribution in [-0.4, -0.2) is 64.5 Å². The van der Waals surface area contributed by atoms with Gasteiger partial charge in [-0.25, -0.2) is 0 Å². The fourth-order valence-electron chi connectivity index (χ4n) is 8.46. The maximum atomic E-state index is 13.0. The lowest BCUT2D eigenvalue weighted by atomic mass is 9.50. The zero-order valence-corrected chi connectivity index (χ0v) is 26.3. The number of unbranched alkanes of at least 4 members (excludes halogenated alkanes) is 2. The third-order valence-electron chi connectivity index (χ3n) is 11.1. The molecular formula is C33H50F5NO2S. The number of hydrogen-bond acceptors (Lipinski definition) is 4. The van der Waals surface area contributed by atoms with Gasteiger partial charge in [0.15, 0.2) is 0 Å². The Morgan fingerprint density at radius 1 is 0.952 bits per heavy atom. The van der Waals surface area contributed by atoms with E-state index in [-0.39, 0.29) is 11.8 Å². The normalized spacial score (nSPS) is 31.2. The molecule has 0 spiro atoms. The minimum absolute atomic E-state index is 0.0318. The molecule has 0 bridgehead atoms. The van der Waals surface area contributed by atoms with Gasteiger partial charge in [0.2, 0.25) is 0 Å². The van der Waals surface area contributed by atoms with Gasteiger partial charge in [0.05, 0.1) is 5.60 Å². The summed E-state index contributed by atoms with van der Waals surface area (Å²) in [7, 11) is 2.08. The van der Waals surface area contributed by atoms with Crippen LogP contribution in [0.1, 0.15) is 102 Å². The number of alkyl halides is 5. The maximum Gasteiger partial charge on any atom is 0.453 e. The summed E-state index contributed by atoms with van der Waals surface area (Å²) in [6.45, 7) is 6.25. The predicted molar refractivity (Wildman–Crippen MR) is 160 cm³/mol. The Morgan fingerprint density at radius 2 is 1.67 bits per heavy atom. The number of nitrogens with zero attached hydrogens (tertiary/aromatic N) is 1. The minimum atomic E-state index is -5.45. The number of benzene rings is 1. The fraction of sp³-hybridized carbons (Fsp3) is 0.818. The molecule has 0 aromatic heterocycles. The molecule has 4 rings (SSSR count). The molecule has 2 fully saturated rings. The third kappa shape index (κ3) is 7.42. The second kappa shape index (κ2) is 13.5. The minimum Gasteiger partial charge on any atom is -0.508 e. The van der Waals surface area contributed by atoms with E-state index in [1.807, 2.05) is 19.1 Å². The van der Waals surface area contributed by atoms with Crippen molar-refractivity contribution in [1.82, 2.24) is 4.90 Å². The lowest BCUT2D eigenvalue weighted by Gasteiger charge is -2.55. The summed E-state index contributed by atoms with van der Waals surface area (Å²) in [5.41, 5.74) is 2.09. The van der Waals surface area contributed by atoms with Gasteiger partial charge in [-0.3, -0.25) is 0 Å². The van der Waals surface area contributed by atoms with Crippen molar-refractivity contribution in [3.05, 3.63) is 29.3 Å². The van der Waals surface area contributed by atoms with E-state index in [0.717, 1.165) is 76.6 Å². The standard InChI is InChI=1S/C33H50F5NO2S/c1-30-15-12-27-26-11-10-25(40)22-24(26)21-23(29(27)28(30)13-16-31(30,2)41)9-5-4-6-17-39(3)18-8-20-42-19-7-14-32(34,35)33(36,37)38/h10-11,22-23,27-29,40-41H,4-9,12-21H2,1-3H3/t23-,27-,28+,29-,30+,31+/m1/s1. The van der Waals surface area contributed by atoms with Crippen LogP contribution in [0.15, 0.2) is 18.2 Å². The molecule has 1 aromatic rings. The quantitative estimate of drug-likeness (QED) is 0.161. The number of hydrogen-bond donors (Lipinski definition) is 2. The molecule has 3 nitrogen and oxygen atoms in total. The monoisotopic (exact) mass is 619 g/mol. The van der Waals surface area contributed by atoms with Crippen molar-refractivity contribution in [2.75, 3.05) is 31.6 Å². The van der Waals surface area contributed by atoms with Crippen molar-refractivity contribution in [3.8, 4) is 5.75 Å². The number of aromatic hydroxyl groups is 1. The number of phenols is 1. The van der Waals surface area contributed by atoms with Crippen LogP contribution in [0.25, 0.3) is 0 Å². The molecule has 0 heterocycles. The van der Waals surface area contributed by atoms with Crippen molar-refractivity contribution in [2.24, 2.45) is 23.2 Å². The van der Waals surface area contributed by atoms with Crippen LogP contribution in [0.3, 0.4) is 0 Å². The molecule has 6 atom stereocenters. The Kier molecular flexibility index (Phi) is 10.9. The number of thioether (sulfide) groups is 1. The summed E-state index contributed by atoms with van der Waals surface area (Å²) in [6, 6.07) is 5.96. The Morgan fingerprint density at radius 3 is 2.40 bits per heavy atom. The fourth-order valence-corrected chi connectivity index (χ4v) is 9.34. The lowest BCUT2D eigenvalue weighted by Crippen LogP contribution is -2.51. The van der Waals surface area contributed by atoms with E-state index in [9.17, 15) is 32.2 Å². The molecule has 0 saturated heterocycles. The molecule has 3 aliphatic carbocycles. The molecule has 2 saturated carbocycles. The average Bonchev–Trinajstić information content (AvgIpc) is 3.15. The molecule has 0 amide bonds. The first-order valence-corrected chi connectivity index (χ1v) is 17.1. The number of fused-ring (bicyclic) bond motifs is 5. The first-order valence-electron chi connectivity index (χ1n) is 15.9. The summed E-state index contributed by atoms with van der Waals surface area (Å²) in [5, 5.41) is 21.5. The maximum absolute atomic E-state index is 13.0. The summed E-state index contributed by atoms with van der Waals surface area (Å²) >= 11 is 1.45. The van der Waals surface area contributed by atoms with Gasteiger partial charge in [0.1, 0.15) is 5.75 Å². The zero-order chi connectivity index (χ0) is 30.8. The van der Waals surface area contributed by atoms with E-state index in [0.29, 0.717) is 35.2 Å². The molecule has 240 valence electrons. The highest BCUT2D eigenvalue weighted by molar-refractivity contribution is 7.99. The largest absolute Gasteiger partial charge is 0.508 e. The SMILES string of the molecule is CN(CCCCC[C@@H]1Cc2cc(O)ccc2[C@H]2CC[C@@]3(C)[C@@H](CC[C@]3(C)O)[C@H]12)CCCSCCCC(F)(F)C(F)(F)F. The van der Waals surface area contributed by atoms with Crippen LogP contribution in [0.2, 0.25) is 0 Å². The van der Waals surface area contributed by atoms with Gasteiger partial charge < -0.3 is 15.1 Å². The van der Waals surface area contributed by atoms with E-state index < -0.39 is 24.1 Å². The molecule has 0 aliphatic heterocycles. The van der Waals surface area contributed by atoms with Gasteiger partial charge in [-0.2, -0.15) is 33.7 Å². The molecular weight excluding hydrogens is 569 g/mol. The topological polar surface area (TPSA) is 43.7 Å². The first-order chi connectivity index (χ1) is 19.7. The molecule has 3 aliphatic rings. The van der Waals surface area contributed by atoms with Crippen LogP contribution in [0.5, 0.6) is 5.75 Å². The highest BCUT2D eigenvalue weighted by atomic mass is 32.2. The zero-order valence-electron chi connectivity index (χ0n) is 25.5. The number of phenolic OH excluding ortho intramolecular Hbond substituents is 1. The van der Waals surface area contributed by atoms with Crippen molar-refractivity contribution in [3.63, 3.8) is 0 Å². The van der Waals surface area contributed by atoms with Crippen molar-refractivity contribution < 1.29 is 32.2 Å². The summed E-state index contributed by atoms with van der Waals surface area (Å²) in [5.74, 6) is -0.979. The van der Waals surface area contributed by atoms with Gasteiger partial charge in [0.25, 0.3) is 0 Å². The van der Waals surface area contributed by atoms with E-state index in [4.69, 9.17) is 0 Å². The van der Waals surface area contributed by atoms with Gasteiger partial charge in [-0.1, -0.05) is 25.8 Å². The molecule has 42 heavy (non-hydrogen) atoms. The first kappa shape index (κ1) is 33.8. The van der Waals surface area contributed by atoms with Crippen LogP contribution >= 0.6 is 11.8 Å². The average molecular weight is 620 g/mol. The van der Waals surface area contributed by atoms with Gasteiger partial charge >= 0.3 is 12.1 Å². The number of aliphatic hydroxyl groups is 1. The molecule has 0 unspecified atom stereocenters. The summed E-state index contributed by atoms with van der Waals surface area (Å²) < 4.78 is 62.7. The van der Waals surface area contributed by atoms with Crippen LogP contribution < -0.4 is 0 Å². The van der Waals surface area contributed by atoms with Gasteiger partial charge in [-0.05, 0) is 149 Å². The Labute approximate surface area is 253 Å². The predicted octanol–water partition coefficient (Wildman–Crippen LogP) is 8.82. The highest BCUT2D eigenvalue weighted by Crippen LogP contribution is 2.65.